The molecule has 1 aliphatic heterocycles. The van der Waals surface area contributed by atoms with Crippen molar-refractivity contribution in [3.05, 3.63) is 67.6 Å². The Hall–Kier alpha value is -2.27. The molecule has 1 fully saturated rings. The van der Waals surface area contributed by atoms with Gasteiger partial charge in [-0.25, -0.2) is 13.4 Å². The molecule has 4 rings (SSSR count). The quantitative estimate of drug-likeness (QED) is 0.459. The van der Waals surface area contributed by atoms with Crippen LogP contribution in [0.1, 0.15) is 31.4 Å². The summed E-state index contributed by atoms with van der Waals surface area (Å²) in [6.07, 6.45) is 2.33. The second-order valence-corrected chi connectivity index (χ2v) is 12.3. The van der Waals surface area contributed by atoms with Crippen LogP contribution in [0.25, 0.3) is 10.9 Å². The lowest BCUT2D eigenvalue weighted by Crippen LogP contribution is -2.35. The number of hydrogen-bond donors (Lipinski definition) is 1. The third kappa shape index (κ3) is 5.77. The highest BCUT2D eigenvalue weighted by molar-refractivity contribution is 9.10. The Morgan fingerprint density at radius 1 is 1.23 bits per heavy atom. The third-order valence-electron chi connectivity index (χ3n) is 6.14. The number of carbonyl (C=O) groups is 1. The largest absolute Gasteiger partial charge is 0.352 e. The van der Waals surface area contributed by atoms with E-state index < -0.39 is 9.84 Å². The van der Waals surface area contributed by atoms with Crippen LogP contribution in [-0.2, 0) is 27.7 Å². The van der Waals surface area contributed by atoms with Crippen molar-refractivity contribution in [3.63, 3.8) is 0 Å². The summed E-state index contributed by atoms with van der Waals surface area (Å²) < 4.78 is 27.3. The van der Waals surface area contributed by atoms with Crippen LogP contribution in [0.15, 0.2) is 50.8 Å². The summed E-state index contributed by atoms with van der Waals surface area (Å²) in [5.41, 5.74) is 1.74. The zero-order chi connectivity index (χ0) is 25.3. The van der Waals surface area contributed by atoms with Gasteiger partial charge in [0.2, 0.25) is 5.91 Å². The highest BCUT2D eigenvalue weighted by atomic mass is 79.9. The first-order chi connectivity index (χ1) is 16.6. The zero-order valence-corrected chi connectivity index (χ0v) is 22.6. The van der Waals surface area contributed by atoms with Crippen molar-refractivity contribution in [3.8, 4) is 0 Å². The third-order valence-corrected chi connectivity index (χ3v) is 8.95. The molecule has 3 aromatic rings. The molecular weight excluding hydrogens is 556 g/mol. The predicted molar refractivity (Wildman–Crippen MR) is 139 cm³/mol. The molecule has 11 heteroatoms. The van der Waals surface area contributed by atoms with Crippen LogP contribution in [0.3, 0.4) is 0 Å². The number of aromatic nitrogens is 2. The average molecular weight is 582 g/mol. The molecule has 1 N–H and O–H groups in total. The lowest BCUT2D eigenvalue weighted by molar-refractivity contribution is -0.119. The number of fused-ring (bicyclic) bond motifs is 1. The van der Waals surface area contributed by atoms with E-state index in [1.165, 1.54) is 30.0 Å². The summed E-state index contributed by atoms with van der Waals surface area (Å²) in [6, 6.07) is 8.39. The van der Waals surface area contributed by atoms with Crippen molar-refractivity contribution in [1.82, 2.24) is 19.8 Å². The number of nitrogens with one attached hydrogen (secondary N) is 1. The first kappa shape index (κ1) is 25.8. The molecule has 186 valence electrons. The second-order valence-electron chi connectivity index (χ2n) is 8.72. The molecule has 0 spiro atoms. The molecule has 0 aliphatic carbocycles. The fourth-order valence-electron chi connectivity index (χ4n) is 4.39. The van der Waals surface area contributed by atoms with Crippen molar-refractivity contribution in [2.24, 2.45) is 0 Å². The lowest BCUT2D eigenvalue weighted by Gasteiger charge is -2.18. The Kier molecular flexibility index (Phi) is 7.65. The standard InChI is InChI=1S/C24H26BrClN4O4S/c1-3-35(33,34)23-5-4-18(26)8-17(23)12-30-14-27-22-9-16(21(25)10-20(22)24(30)32)11-29-7-6-19(13-29)28-15(2)31/h4-5,8-10,14,19H,3,6-7,11-13H2,1-2H3,(H,28,31)/t19-/m0/s1. The van der Waals surface area contributed by atoms with Crippen molar-refractivity contribution in [1.29, 1.82) is 0 Å². The molecule has 1 atom stereocenters. The predicted octanol–water partition coefficient (Wildman–Crippen LogP) is 3.36. The summed E-state index contributed by atoms with van der Waals surface area (Å²) >= 11 is 9.72. The Morgan fingerprint density at radius 3 is 2.71 bits per heavy atom. The maximum Gasteiger partial charge on any atom is 0.261 e. The van der Waals surface area contributed by atoms with Crippen LogP contribution in [0, 0.1) is 0 Å². The molecule has 0 bridgehead atoms. The maximum atomic E-state index is 13.3. The smallest absolute Gasteiger partial charge is 0.261 e. The Bertz CT molecular complexity index is 1460. The molecule has 1 aliphatic rings. The van der Waals surface area contributed by atoms with Crippen LogP contribution in [0.5, 0.6) is 0 Å². The van der Waals surface area contributed by atoms with Crippen molar-refractivity contribution < 1.29 is 13.2 Å². The van der Waals surface area contributed by atoms with E-state index in [1.54, 1.807) is 19.1 Å². The normalized spacial score (nSPS) is 16.6. The van der Waals surface area contributed by atoms with Gasteiger partial charge in [0.1, 0.15) is 0 Å². The van der Waals surface area contributed by atoms with Gasteiger partial charge in [-0.1, -0.05) is 34.5 Å². The van der Waals surface area contributed by atoms with E-state index in [0.29, 0.717) is 28.0 Å². The monoisotopic (exact) mass is 580 g/mol. The zero-order valence-electron chi connectivity index (χ0n) is 19.4. The van der Waals surface area contributed by atoms with Gasteiger partial charge in [-0.3, -0.25) is 19.1 Å². The fourth-order valence-corrected chi connectivity index (χ4v) is 6.17. The number of nitrogens with zero attached hydrogens (tertiary/aromatic N) is 3. The molecule has 2 aromatic carbocycles. The Balaban J connectivity index is 1.62. The van der Waals surface area contributed by atoms with Gasteiger partial charge in [0, 0.05) is 42.1 Å². The van der Waals surface area contributed by atoms with Crippen LogP contribution in [0.4, 0.5) is 0 Å². The first-order valence-corrected chi connectivity index (χ1v) is 14.1. The van der Waals surface area contributed by atoms with Gasteiger partial charge in [-0.2, -0.15) is 0 Å². The topological polar surface area (TPSA) is 101 Å². The number of carbonyl (C=O) groups excluding carboxylic acids is 1. The highest BCUT2D eigenvalue weighted by Crippen LogP contribution is 2.26. The first-order valence-electron chi connectivity index (χ1n) is 11.3. The van der Waals surface area contributed by atoms with Gasteiger partial charge in [-0.15, -0.1) is 0 Å². The van der Waals surface area contributed by atoms with Crippen LogP contribution in [0.2, 0.25) is 5.02 Å². The number of benzene rings is 2. The average Bonchev–Trinajstić information content (AvgIpc) is 3.23. The number of halogens is 2. The number of amides is 1. The van der Waals surface area contributed by atoms with Crippen molar-refractivity contribution in [2.45, 2.75) is 44.3 Å². The molecular formula is C24H26BrClN4O4S. The van der Waals surface area contributed by atoms with Gasteiger partial charge in [0.05, 0.1) is 34.4 Å². The van der Waals surface area contributed by atoms with E-state index in [-0.39, 0.29) is 34.7 Å². The molecule has 1 aromatic heterocycles. The van der Waals surface area contributed by atoms with Crippen LogP contribution >= 0.6 is 27.5 Å². The van der Waals surface area contributed by atoms with Gasteiger partial charge < -0.3 is 5.32 Å². The van der Waals surface area contributed by atoms with Crippen molar-refractivity contribution in [2.75, 3.05) is 18.8 Å². The van der Waals surface area contributed by atoms with Gasteiger partial charge in [-0.05, 0) is 47.9 Å². The van der Waals surface area contributed by atoms with Crippen LogP contribution in [-0.4, -0.2) is 53.7 Å². The van der Waals surface area contributed by atoms with E-state index in [2.05, 4.69) is 31.1 Å². The minimum atomic E-state index is -3.49. The number of rotatable bonds is 7. The molecule has 8 nitrogen and oxygen atoms in total. The summed E-state index contributed by atoms with van der Waals surface area (Å²) in [5, 5.41) is 3.79. The Labute approximate surface area is 217 Å². The van der Waals surface area contributed by atoms with E-state index in [4.69, 9.17) is 11.6 Å². The number of likely N-dealkylation sites (tertiary alicyclic amines) is 1. The number of sulfone groups is 1. The van der Waals surface area contributed by atoms with Gasteiger partial charge >= 0.3 is 0 Å². The molecule has 0 unspecified atom stereocenters. The molecule has 1 saturated heterocycles. The van der Waals surface area contributed by atoms with Crippen molar-refractivity contribution >= 4 is 54.2 Å². The second kappa shape index (κ2) is 10.4. The van der Waals surface area contributed by atoms with Gasteiger partial charge in [0.25, 0.3) is 5.56 Å². The van der Waals surface area contributed by atoms with E-state index in [9.17, 15) is 18.0 Å². The summed E-state index contributed by atoms with van der Waals surface area (Å²) in [6.45, 7) is 5.44. The van der Waals surface area contributed by atoms with Gasteiger partial charge in [0.15, 0.2) is 9.84 Å². The molecule has 35 heavy (non-hydrogen) atoms. The minimum Gasteiger partial charge on any atom is -0.352 e. The van der Waals surface area contributed by atoms with E-state index in [1.807, 2.05) is 6.07 Å². The maximum absolute atomic E-state index is 13.3. The fraction of sp³-hybridized carbons (Fsp3) is 0.375. The summed E-state index contributed by atoms with van der Waals surface area (Å²) in [4.78, 5) is 31.5. The Morgan fingerprint density at radius 2 is 2.00 bits per heavy atom. The SMILES string of the molecule is CCS(=O)(=O)c1ccc(Cl)cc1Cn1cnc2cc(CN3CC[C@H](NC(C)=O)C3)c(Br)cc2c1=O. The molecule has 2 heterocycles. The van der Waals surface area contributed by atoms with E-state index >= 15 is 0 Å². The summed E-state index contributed by atoms with van der Waals surface area (Å²) in [7, 11) is -3.49. The number of hydrogen-bond acceptors (Lipinski definition) is 6. The van der Waals surface area contributed by atoms with E-state index in [0.717, 1.165) is 29.5 Å². The highest BCUT2D eigenvalue weighted by Gasteiger charge is 2.24. The molecule has 1 amide bonds. The summed E-state index contributed by atoms with van der Waals surface area (Å²) in [5.74, 6) is -0.0773. The molecule has 0 saturated carbocycles. The molecule has 0 radical (unpaired) electrons. The van der Waals surface area contributed by atoms with Crippen LogP contribution < -0.4 is 10.9 Å². The lowest BCUT2D eigenvalue weighted by atomic mass is 10.1. The minimum absolute atomic E-state index is 0.0265.